The molecule has 1 atom stereocenters. The van der Waals surface area contributed by atoms with Crippen LogP contribution in [0.5, 0.6) is 0 Å². The van der Waals surface area contributed by atoms with Gasteiger partial charge in [-0.3, -0.25) is 4.98 Å². The van der Waals surface area contributed by atoms with Crippen LogP contribution in [0, 0.1) is 6.92 Å². The fourth-order valence-electron chi connectivity index (χ4n) is 1.22. The number of aryl methyl sites for hydroxylation is 1. The molecule has 15 heavy (non-hydrogen) atoms. The molecule has 4 nitrogen and oxygen atoms in total. The second kappa shape index (κ2) is 4.72. The summed E-state index contributed by atoms with van der Waals surface area (Å²) in [5, 5.41) is 0. The summed E-state index contributed by atoms with van der Waals surface area (Å²) in [5.74, 6) is 0.0865. The van der Waals surface area contributed by atoms with Gasteiger partial charge in [0.15, 0.2) is 0 Å². The van der Waals surface area contributed by atoms with Crippen molar-refractivity contribution in [3.05, 3.63) is 29.6 Å². The third kappa shape index (κ3) is 3.60. The monoisotopic (exact) mass is 228 g/mol. The van der Waals surface area contributed by atoms with Gasteiger partial charge in [-0.15, -0.1) is 0 Å². The van der Waals surface area contributed by atoms with Crippen LogP contribution < -0.4 is 4.72 Å². The van der Waals surface area contributed by atoms with Crippen LogP contribution in [0.25, 0.3) is 0 Å². The highest BCUT2D eigenvalue weighted by molar-refractivity contribution is 7.89. The smallest absolute Gasteiger partial charge is 0.211 e. The Morgan fingerprint density at radius 1 is 1.47 bits per heavy atom. The van der Waals surface area contributed by atoms with Crippen molar-refractivity contribution in [2.75, 3.05) is 5.75 Å². The molecule has 1 rings (SSSR count). The van der Waals surface area contributed by atoms with E-state index in [0.29, 0.717) is 0 Å². The maximum Gasteiger partial charge on any atom is 0.211 e. The number of sulfonamides is 1. The molecule has 0 fully saturated rings. The standard InChI is InChI=1S/C10H16N2O2S/c1-4-15(13,14)12-9(3)10-7-5-6-8(2)11-10/h5-7,9,12H,4H2,1-3H3/t9-/m1/s1. The maximum absolute atomic E-state index is 11.3. The van der Waals surface area contributed by atoms with Crippen LogP contribution in [-0.4, -0.2) is 19.2 Å². The summed E-state index contributed by atoms with van der Waals surface area (Å²) in [6, 6.07) is 5.28. The van der Waals surface area contributed by atoms with Gasteiger partial charge in [0, 0.05) is 5.69 Å². The Kier molecular flexibility index (Phi) is 3.82. The first-order chi connectivity index (χ1) is 6.94. The zero-order chi connectivity index (χ0) is 11.5. The maximum atomic E-state index is 11.3. The summed E-state index contributed by atoms with van der Waals surface area (Å²) in [6.07, 6.45) is 0. The summed E-state index contributed by atoms with van der Waals surface area (Å²) in [5.41, 5.74) is 1.63. The van der Waals surface area contributed by atoms with Crippen LogP contribution in [0.1, 0.15) is 31.3 Å². The van der Waals surface area contributed by atoms with Crippen LogP contribution in [0.3, 0.4) is 0 Å². The van der Waals surface area contributed by atoms with E-state index in [9.17, 15) is 8.42 Å². The van der Waals surface area contributed by atoms with E-state index in [4.69, 9.17) is 0 Å². The minimum atomic E-state index is -3.17. The van der Waals surface area contributed by atoms with Gasteiger partial charge in [0.05, 0.1) is 17.5 Å². The molecule has 0 spiro atoms. The molecule has 5 heteroatoms. The first kappa shape index (κ1) is 12.1. The molecule has 0 amide bonds. The molecule has 0 unspecified atom stereocenters. The number of pyridine rings is 1. The summed E-state index contributed by atoms with van der Waals surface area (Å²) in [4.78, 5) is 4.26. The average molecular weight is 228 g/mol. The molecule has 0 saturated carbocycles. The Morgan fingerprint density at radius 3 is 2.67 bits per heavy atom. The van der Waals surface area contributed by atoms with Gasteiger partial charge in [0.25, 0.3) is 0 Å². The molecule has 1 heterocycles. The Hall–Kier alpha value is -0.940. The summed E-state index contributed by atoms with van der Waals surface area (Å²) >= 11 is 0. The SMILES string of the molecule is CCS(=O)(=O)N[C@H](C)c1cccc(C)n1. The second-order valence-corrected chi connectivity index (χ2v) is 5.49. The molecule has 0 aliphatic rings. The van der Waals surface area contributed by atoms with Gasteiger partial charge in [0.1, 0.15) is 0 Å². The van der Waals surface area contributed by atoms with Crippen LogP contribution in [-0.2, 0) is 10.0 Å². The van der Waals surface area contributed by atoms with Crippen molar-refractivity contribution in [3.8, 4) is 0 Å². The van der Waals surface area contributed by atoms with Crippen molar-refractivity contribution in [1.29, 1.82) is 0 Å². The molecule has 1 aromatic heterocycles. The highest BCUT2D eigenvalue weighted by Crippen LogP contribution is 2.10. The number of nitrogens with zero attached hydrogens (tertiary/aromatic N) is 1. The first-order valence-electron chi connectivity index (χ1n) is 4.88. The third-order valence-electron chi connectivity index (χ3n) is 2.09. The van der Waals surface area contributed by atoms with E-state index in [1.807, 2.05) is 25.1 Å². The summed E-state index contributed by atoms with van der Waals surface area (Å²) in [6.45, 7) is 5.28. The Morgan fingerprint density at radius 2 is 2.13 bits per heavy atom. The molecule has 1 aromatic rings. The molecule has 0 radical (unpaired) electrons. The van der Waals surface area contributed by atoms with Gasteiger partial charge in [-0.1, -0.05) is 6.07 Å². The number of aromatic nitrogens is 1. The van der Waals surface area contributed by atoms with Gasteiger partial charge in [0.2, 0.25) is 10.0 Å². The normalized spacial score (nSPS) is 13.8. The number of rotatable bonds is 4. The van der Waals surface area contributed by atoms with Crippen molar-refractivity contribution < 1.29 is 8.42 Å². The van der Waals surface area contributed by atoms with E-state index in [-0.39, 0.29) is 11.8 Å². The number of hydrogen-bond acceptors (Lipinski definition) is 3. The minimum Gasteiger partial charge on any atom is -0.256 e. The summed E-state index contributed by atoms with van der Waals surface area (Å²) < 4.78 is 25.2. The van der Waals surface area contributed by atoms with E-state index in [2.05, 4.69) is 9.71 Å². The van der Waals surface area contributed by atoms with Crippen LogP contribution >= 0.6 is 0 Å². The van der Waals surface area contributed by atoms with E-state index >= 15 is 0 Å². The summed E-state index contributed by atoms with van der Waals surface area (Å²) in [7, 11) is -3.17. The zero-order valence-electron chi connectivity index (χ0n) is 9.19. The van der Waals surface area contributed by atoms with E-state index in [0.717, 1.165) is 11.4 Å². The van der Waals surface area contributed by atoms with Gasteiger partial charge in [-0.05, 0) is 32.9 Å². The van der Waals surface area contributed by atoms with Gasteiger partial charge < -0.3 is 0 Å². The Bertz CT molecular complexity index is 429. The lowest BCUT2D eigenvalue weighted by Crippen LogP contribution is -2.28. The van der Waals surface area contributed by atoms with Crippen LogP contribution in [0.4, 0.5) is 0 Å². The third-order valence-corrected chi connectivity index (χ3v) is 3.56. The second-order valence-electron chi connectivity index (χ2n) is 3.45. The Labute approximate surface area is 90.8 Å². The largest absolute Gasteiger partial charge is 0.256 e. The molecule has 1 N–H and O–H groups in total. The van der Waals surface area contributed by atoms with Crippen molar-refractivity contribution in [3.63, 3.8) is 0 Å². The highest BCUT2D eigenvalue weighted by atomic mass is 32.2. The van der Waals surface area contributed by atoms with Crippen molar-refractivity contribution in [2.45, 2.75) is 26.8 Å². The molecule has 84 valence electrons. The lowest BCUT2D eigenvalue weighted by molar-refractivity contribution is 0.565. The van der Waals surface area contributed by atoms with Gasteiger partial charge in [-0.25, -0.2) is 13.1 Å². The predicted molar refractivity (Wildman–Crippen MR) is 60.0 cm³/mol. The predicted octanol–water partition coefficient (Wildman–Crippen LogP) is 1.39. The topological polar surface area (TPSA) is 59.1 Å². The molecule has 0 aromatic carbocycles. The molecular weight excluding hydrogens is 212 g/mol. The molecular formula is C10H16N2O2S. The lowest BCUT2D eigenvalue weighted by Gasteiger charge is -2.13. The molecule has 0 bridgehead atoms. The van der Waals surface area contributed by atoms with Crippen molar-refractivity contribution in [1.82, 2.24) is 9.71 Å². The minimum absolute atomic E-state index is 0.0865. The van der Waals surface area contributed by atoms with Crippen LogP contribution in [0.2, 0.25) is 0 Å². The van der Waals surface area contributed by atoms with Gasteiger partial charge >= 0.3 is 0 Å². The van der Waals surface area contributed by atoms with Crippen LogP contribution in [0.15, 0.2) is 18.2 Å². The zero-order valence-corrected chi connectivity index (χ0v) is 10.0. The first-order valence-corrected chi connectivity index (χ1v) is 6.53. The van der Waals surface area contributed by atoms with E-state index in [1.165, 1.54) is 0 Å². The molecule has 0 saturated heterocycles. The average Bonchev–Trinajstić information content (AvgIpc) is 2.17. The highest BCUT2D eigenvalue weighted by Gasteiger charge is 2.14. The number of hydrogen-bond donors (Lipinski definition) is 1. The van der Waals surface area contributed by atoms with E-state index in [1.54, 1.807) is 13.8 Å². The quantitative estimate of drug-likeness (QED) is 0.847. The Balaban J connectivity index is 2.82. The lowest BCUT2D eigenvalue weighted by atomic mass is 10.2. The molecule has 0 aliphatic heterocycles. The van der Waals surface area contributed by atoms with Crippen molar-refractivity contribution in [2.24, 2.45) is 0 Å². The van der Waals surface area contributed by atoms with Crippen molar-refractivity contribution >= 4 is 10.0 Å². The number of nitrogens with one attached hydrogen (secondary N) is 1. The fourth-order valence-corrected chi connectivity index (χ4v) is 2.04. The van der Waals surface area contributed by atoms with Gasteiger partial charge in [-0.2, -0.15) is 0 Å². The molecule has 0 aliphatic carbocycles. The fraction of sp³-hybridized carbons (Fsp3) is 0.500. The van der Waals surface area contributed by atoms with E-state index < -0.39 is 10.0 Å².